The molecule has 18 heavy (non-hydrogen) atoms. The van der Waals surface area contributed by atoms with E-state index in [9.17, 15) is 0 Å². The van der Waals surface area contributed by atoms with E-state index in [1.54, 1.807) is 4.88 Å². The van der Waals surface area contributed by atoms with Gasteiger partial charge in [-0.3, -0.25) is 0 Å². The molecule has 1 aromatic rings. The predicted octanol–water partition coefficient (Wildman–Crippen LogP) is 4.76. The van der Waals surface area contributed by atoms with E-state index in [0.717, 1.165) is 11.8 Å². The number of nitrogens with one attached hydrogen (secondary N) is 1. The van der Waals surface area contributed by atoms with Crippen LogP contribution in [0, 0.1) is 11.8 Å². The SMILES string of the molecule is CC(CC1CC1)NC(c1cccs1)C1CCCC1. The average molecular weight is 263 g/mol. The summed E-state index contributed by atoms with van der Waals surface area (Å²) < 4.78 is 0. The fourth-order valence-electron chi connectivity index (χ4n) is 3.44. The van der Waals surface area contributed by atoms with Crippen molar-refractivity contribution in [2.45, 2.75) is 64.0 Å². The van der Waals surface area contributed by atoms with Crippen molar-refractivity contribution in [3.8, 4) is 0 Å². The molecule has 0 saturated heterocycles. The summed E-state index contributed by atoms with van der Waals surface area (Å²) in [6, 6.07) is 5.84. The molecule has 0 radical (unpaired) electrons. The first-order chi connectivity index (χ1) is 8.83. The minimum absolute atomic E-state index is 0.626. The quantitative estimate of drug-likeness (QED) is 0.780. The minimum atomic E-state index is 0.626. The molecule has 2 saturated carbocycles. The van der Waals surface area contributed by atoms with E-state index in [4.69, 9.17) is 0 Å². The van der Waals surface area contributed by atoms with Gasteiger partial charge in [-0.25, -0.2) is 0 Å². The molecule has 2 aliphatic rings. The van der Waals surface area contributed by atoms with Gasteiger partial charge in [0.05, 0.1) is 0 Å². The Bertz CT molecular complexity index is 349. The number of hydrogen-bond acceptors (Lipinski definition) is 2. The van der Waals surface area contributed by atoms with E-state index in [1.807, 2.05) is 11.3 Å². The van der Waals surface area contributed by atoms with Gasteiger partial charge in [-0.2, -0.15) is 0 Å². The molecule has 0 spiro atoms. The van der Waals surface area contributed by atoms with Gasteiger partial charge < -0.3 is 5.32 Å². The molecule has 1 aromatic heterocycles. The fourth-order valence-corrected chi connectivity index (χ4v) is 4.32. The minimum Gasteiger partial charge on any atom is -0.306 e. The van der Waals surface area contributed by atoms with Gasteiger partial charge in [0.1, 0.15) is 0 Å². The van der Waals surface area contributed by atoms with Crippen molar-refractivity contribution >= 4 is 11.3 Å². The molecule has 2 unspecified atom stereocenters. The zero-order valence-corrected chi connectivity index (χ0v) is 12.2. The van der Waals surface area contributed by atoms with Crippen LogP contribution in [-0.2, 0) is 0 Å². The van der Waals surface area contributed by atoms with Crippen LogP contribution in [0.1, 0.15) is 62.8 Å². The van der Waals surface area contributed by atoms with Crippen LogP contribution in [0.4, 0.5) is 0 Å². The first kappa shape index (κ1) is 12.7. The van der Waals surface area contributed by atoms with Crippen LogP contribution >= 0.6 is 11.3 Å². The van der Waals surface area contributed by atoms with Crippen molar-refractivity contribution < 1.29 is 0 Å². The van der Waals surface area contributed by atoms with Crippen LogP contribution in [0.5, 0.6) is 0 Å². The standard InChI is InChI=1S/C16H25NS/c1-12(11-13-8-9-13)17-16(14-5-2-3-6-14)15-7-4-10-18-15/h4,7,10,12-14,16-17H,2-3,5-6,8-9,11H2,1H3. The van der Waals surface area contributed by atoms with Crippen molar-refractivity contribution in [2.75, 3.05) is 0 Å². The van der Waals surface area contributed by atoms with E-state index >= 15 is 0 Å². The Labute approximate surface area is 115 Å². The third kappa shape index (κ3) is 3.16. The van der Waals surface area contributed by atoms with Gasteiger partial charge in [0, 0.05) is 17.0 Å². The van der Waals surface area contributed by atoms with Crippen LogP contribution in [0.2, 0.25) is 0 Å². The van der Waals surface area contributed by atoms with Gasteiger partial charge in [-0.15, -0.1) is 11.3 Å². The summed E-state index contributed by atoms with van der Waals surface area (Å²) >= 11 is 1.93. The molecule has 1 nitrogen and oxygen atoms in total. The monoisotopic (exact) mass is 263 g/mol. The molecule has 2 fully saturated rings. The number of rotatable bonds is 6. The van der Waals surface area contributed by atoms with Gasteiger partial charge in [0.25, 0.3) is 0 Å². The van der Waals surface area contributed by atoms with Crippen molar-refractivity contribution in [2.24, 2.45) is 11.8 Å². The normalized spacial score (nSPS) is 24.3. The third-order valence-electron chi connectivity index (χ3n) is 4.57. The Hall–Kier alpha value is -0.340. The number of thiophene rings is 1. The van der Waals surface area contributed by atoms with Crippen LogP contribution in [-0.4, -0.2) is 6.04 Å². The molecule has 2 heteroatoms. The maximum atomic E-state index is 3.94. The number of hydrogen-bond donors (Lipinski definition) is 1. The molecule has 1 N–H and O–H groups in total. The van der Waals surface area contributed by atoms with Crippen molar-refractivity contribution in [1.82, 2.24) is 5.32 Å². The van der Waals surface area contributed by atoms with Gasteiger partial charge in [-0.1, -0.05) is 31.7 Å². The molecule has 0 bridgehead atoms. The maximum absolute atomic E-state index is 3.94. The molecule has 0 aromatic carbocycles. The highest BCUT2D eigenvalue weighted by Gasteiger charge is 2.30. The van der Waals surface area contributed by atoms with Crippen molar-refractivity contribution in [3.05, 3.63) is 22.4 Å². The summed E-state index contributed by atoms with van der Waals surface area (Å²) in [5, 5.41) is 6.17. The summed E-state index contributed by atoms with van der Waals surface area (Å²) in [6.45, 7) is 2.38. The largest absolute Gasteiger partial charge is 0.306 e. The lowest BCUT2D eigenvalue weighted by Gasteiger charge is -2.27. The predicted molar refractivity (Wildman–Crippen MR) is 79.0 cm³/mol. The Balaban J connectivity index is 1.64. The van der Waals surface area contributed by atoms with Crippen LogP contribution in [0.25, 0.3) is 0 Å². The van der Waals surface area contributed by atoms with Gasteiger partial charge in [-0.05, 0) is 49.5 Å². The Morgan fingerprint density at radius 3 is 2.67 bits per heavy atom. The average Bonchev–Trinajstić information content (AvgIpc) is 2.91. The summed E-state index contributed by atoms with van der Waals surface area (Å²) in [5.74, 6) is 1.91. The van der Waals surface area contributed by atoms with Crippen LogP contribution in [0.15, 0.2) is 17.5 Å². The maximum Gasteiger partial charge on any atom is 0.0445 e. The second-order valence-electron chi connectivity index (χ2n) is 6.28. The summed E-state index contributed by atoms with van der Waals surface area (Å²) in [4.78, 5) is 1.56. The lowest BCUT2D eigenvalue weighted by atomic mass is 9.95. The Morgan fingerprint density at radius 1 is 1.28 bits per heavy atom. The van der Waals surface area contributed by atoms with Gasteiger partial charge in [0.15, 0.2) is 0 Å². The fraction of sp³-hybridized carbons (Fsp3) is 0.750. The molecule has 2 atom stereocenters. The molecule has 0 amide bonds. The third-order valence-corrected chi connectivity index (χ3v) is 5.52. The zero-order valence-electron chi connectivity index (χ0n) is 11.4. The van der Waals surface area contributed by atoms with Crippen molar-refractivity contribution in [1.29, 1.82) is 0 Å². The Kier molecular flexibility index (Phi) is 4.05. The molecular formula is C16H25NS. The van der Waals surface area contributed by atoms with Gasteiger partial charge >= 0.3 is 0 Å². The second kappa shape index (κ2) is 5.75. The summed E-state index contributed by atoms with van der Waals surface area (Å²) in [7, 11) is 0. The first-order valence-electron chi connectivity index (χ1n) is 7.62. The van der Waals surface area contributed by atoms with Crippen molar-refractivity contribution in [3.63, 3.8) is 0 Å². The summed E-state index contributed by atoms with van der Waals surface area (Å²) in [6.07, 6.45) is 10.0. The smallest absolute Gasteiger partial charge is 0.0445 e. The van der Waals surface area contributed by atoms with E-state index in [2.05, 4.69) is 29.8 Å². The van der Waals surface area contributed by atoms with Crippen LogP contribution in [0.3, 0.4) is 0 Å². The molecule has 3 rings (SSSR count). The molecule has 1 heterocycles. The van der Waals surface area contributed by atoms with E-state index in [1.165, 1.54) is 44.9 Å². The Morgan fingerprint density at radius 2 is 2.06 bits per heavy atom. The lowest BCUT2D eigenvalue weighted by Crippen LogP contribution is -2.34. The summed E-state index contributed by atoms with van der Waals surface area (Å²) in [5.41, 5.74) is 0. The molecule has 2 aliphatic carbocycles. The lowest BCUT2D eigenvalue weighted by molar-refractivity contribution is 0.327. The van der Waals surface area contributed by atoms with E-state index in [0.29, 0.717) is 12.1 Å². The van der Waals surface area contributed by atoms with Gasteiger partial charge in [0.2, 0.25) is 0 Å². The van der Waals surface area contributed by atoms with Crippen LogP contribution < -0.4 is 5.32 Å². The highest BCUT2D eigenvalue weighted by atomic mass is 32.1. The second-order valence-corrected chi connectivity index (χ2v) is 7.26. The highest BCUT2D eigenvalue weighted by Crippen LogP contribution is 2.39. The topological polar surface area (TPSA) is 12.0 Å². The highest BCUT2D eigenvalue weighted by molar-refractivity contribution is 7.10. The van der Waals surface area contributed by atoms with E-state index < -0.39 is 0 Å². The molecular weight excluding hydrogens is 238 g/mol. The first-order valence-corrected chi connectivity index (χ1v) is 8.50. The zero-order chi connectivity index (χ0) is 12.4. The van der Waals surface area contributed by atoms with E-state index in [-0.39, 0.29) is 0 Å². The molecule has 100 valence electrons. The molecule has 0 aliphatic heterocycles.